The molecule has 1 unspecified atom stereocenters. The van der Waals surface area contributed by atoms with E-state index in [1.54, 1.807) is 0 Å². The molecule has 0 aliphatic heterocycles. The number of hydrogen-bond donors (Lipinski definition) is 3. The van der Waals surface area contributed by atoms with Gasteiger partial charge in [0.15, 0.2) is 0 Å². The maximum atomic E-state index is 11.9. The van der Waals surface area contributed by atoms with E-state index in [0.29, 0.717) is 6.42 Å². The molecule has 0 saturated heterocycles. The average Bonchev–Trinajstić information content (AvgIpc) is 2.31. The van der Waals surface area contributed by atoms with E-state index in [1.807, 2.05) is 13.8 Å². The Balaban J connectivity index is 2.81. The summed E-state index contributed by atoms with van der Waals surface area (Å²) in [6.45, 7) is 3.75. The van der Waals surface area contributed by atoms with Crippen molar-refractivity contribution in [2.24, 2.45) is 5.92 Å². The lowest BCUT2D eigenvalue weighted by Gasteiger charge is -2.16. The Bertz CT molecular complexity index is 488. The van der Waals surface area contributed by atoms with Gasteiger partial charge in [0.1, 0.15) is 11.8 Å². The van der Waals surface area contributed by atoms with E-state index in [2.05, 4.69) is 5.32 Å². The van der Waals surface area contributed by atoms with Crippen molar-refractivity contribution in [1.29, 1.82) is 0 Å². The summed E-state index contributed by atoms with van der Waals surface area (Å²) in [6.07, 6.45) is 0.340. The van der Waals surface area contributed by atoms with E-state index in [9.17, 15) is 14.7 Å². The number of aromatic hydroxyl groups is 1. The van der Waals surface area contributed by atoms with Crippen LogP contribution in [0.1, 0.15) is 30.6 Å². The number of carbonyl (C=O) groups excluding carboxylic acids is 1. The van der Waals surface area contributed by atoms with Crippen molar-refractivity contribution in [3.05, 3.63) is 28.8 Å². The van der Waals surface area contributed by atoms with Gasteiger partial charge in [-0.1, -0.05) is 25.4 Å². The molecule has 0 aromatic heterocycles. The zero-order valence-corrected chi connectivity index (χ0v) is 11.4. The second-order valence-electron chi connectivity index (χ2n) is 4.66. The first-order chi connectivity index (χ1) is 8.81. The molecule has 0 heterocycles. The van der Waals surface area contributed by atoms with Crippen molar-refractivity contribution in [3.8, 4) is 5.75 Å². The third-order valence-electron chi connectivity index (χ3n) is 2.52. The molecule has 0 bridgehead atoms. The van der Waals surface area contributed by atoms with Gasteiger partial charge >= 0.3 is 5.97 Å². The third kappa shape index (κ3) is 4.44. The maximum absolute atomic E-state index is 11.9. The molecule has 1 rings (SSSR count). The predicted octanol–water partition coefficient (Wildman–Crippen LogP) is 2.27. The van der Waals surface area contributed by atoms with E-state index < -0.39 is 17.9 Å². The van der Waals surface area contributed by atoms with Crippen molar-refractivity contribution < 1.29 is 19.8 Å². The van der Waals surface area contributed by atoms with Crippen LogP contribution < -0.4 is 5.32 Å². The van der Waals surface area contributed by atoms with Crippen LogP contribution in [0.5, 0.6) is 5.75 Å². The van der Waals surface area contributed by atoms with Gasteiger partial charge in [0, 0.05) is 5.56 Å². The Hall–Kier alpha value is -1.75. The zero-order valence-electron chi connectivity index (χ0n) is 10.7. The zero-order chi connectivity index (χ0) is 14.6. The fraction of sp³-hybridized carbons (Fsp3) is 0.385. The van der Waals surface area contributed by atoms with Crippen molar-refractivity contribution in [1.82, 2.24) is 5.32 Å². The number of rotatable bonds is 5. The van der Waals surface area contributed by atoms with Gasteiger partial charge in [0.2, 0.25) is 0 Å². The molecule has 0 saturated carbocycles. The molecular weight excluding hydrogens is 270 g/mol. The van der Waals surface area contributed by atoms with E-state index in [1.165, 1.54) is 18.2 Å². The Morgan fingerprint density at radius 2 is 2.00 bits per heavy atom. The van der Waals surface area contributed by atoms with Crippen molar-refractivity contribution in [3.63, 3.8) is 0 Å². The van der Waals surface area contributed by atoms with Crippen LogP contribution in [0, 0.1) is 5.92 Å². The summed E-state index contributed by atoms with van der Waals surface area (Å²) < 4.78 is 0. The summed E-state index contributed by atoms with van der Waals surface area (Å²) in [5.41, 5.74) is 0.206. The lowest BCUT2D eigenvalue weighted by atomic mass is 10.0. The first-order valence-electron chi connectivity index (χ1n) is 5.83. The molecule has 19 heavy (non-hydrogen) atoms. The second-order valence-corrected chi connectivity index (χ2v) is 5.07. The number of hydrogen-bond acceptors (Lipinski definition) is 3. The first kappa shape index (κ1) is 15.3. The summed E-state index contributed by atoms with van der Waals surface area (Å²) in [5, 5.41) is 20.8. The van der Waals surface area contributed by atoms with Crippen molar-refractivity contribution >= 4 is 23.5 Å². The molecule has 5 nitrogen and oxygen atoms in total. The Morgan fingerprint density at radius 1 is 1.37 bits per heavy atom. The van der Waals surface area contributed by atoms with Crippen LogP contribution in [0.3, 0.4) is 0 Å². The van der Waals surface area contributed by atoms with Crippen LogP contribution in [0.15, 0.2) is 18.2 Å². The lowest BCUT2D eigenvalue weighted by Crippen LogP contribution is -2.41. The highest BCUT2D eigenvalue weighted by Gasteiger charge is 2.21. The third-order valence-corrected chi connectivity index (χ3v) is 2.82. The van der Waals surface area contributed by atoms with Crippen LogP contribution in [0.4, 0.5) is 0 Å². The minimum absolute atomic E-state index is 0.0448. The summed E-state index contributed by atoms with van der Waals surface area (Å²) in [5.74, 6) is -1.60. The largest absolute Gasteiger partial charge is 0.506 e. The number of amides is 1. The van der Waals surface area contributed by atoms with E-state index >= 15 is 0 Å². The van der Waals surface area contributed by atoms with Gasteiger partial charge < -0.3 is 15.5 Å². The maximum Gasteiger partial charge on any atom is 0.326 e. The number of carboxylic acid groups (broad SMARTS) is 1. The Labute approximate surface area is 116 Å². The molecule has 1 aromatic rings. The van der Waals surface area contributed by atoms with Crippen LogP contribution in [0.25, 0.3) is 0 Å². The Morgan fingerprint density at radius 3 is 2.47 bits per heavy atom. The lowest BCUT2D eigenvalue weighted by molar-refractivity contribution is -0.139. The molecular formula is C13H16ClNO4. The van der Waals surface area contributed by atoms with Crippen LogP contribution in [-0.2, 0) is 4.79 Å². The normalized spacial score (nSPS) is 12.2. The fourth-order valence-corrected chi connectivity index (χ4v) is 1.76. The van der Waals surface area contributed by atoms with Gasteiger partial charge in [0.25, 0.3) is 5.91 Å². The molecule has 6 heteroatoms. The summed E-state index contributed by atoms with van der Waals surface area (Å²) >= 11 is 5.70. The van der Waals surface area contributed by atoms with Gasteiger partial charge in [-0.25, -0.2) is 4.79 Å². The number of benzene rings is 1. The fourth-order valence-electron chi connectivity index (χ4n) is 1.58. The minimum Gasteiger partial charge on any atom is -0.506 e. The number of phenols is 1. The Kier molecular flexibility index (Phi) is 5.18. The highest BCUT2D eigenvalue weighted by molar-refractivity contribution is 6.32. The number of nitrogens with one attached hydrogen (secondary N) is 1. The van der Waals surface area contributed by atoms with E-state index in [-0.39, 0.29) is 22.3 Å². The predicted molar refractivity (Wildman–Crippen MR) is 71.5 cm³/mol. The molecule has 104 valence electrons. The summed E-state index contributed by atoms with van der Waals surface area (Å²) in [6, 6.07) is 3.01. The van der Waals surface area contributed by atoms with Gasteiger partial charge in [-0.3, -0.25) is 4.79 Å². The van der Waals surface area contributed by atoms with Crippen LogP contribution >= 0.6 is 11.6 Å². The molecule has 0 aliphatic carbocycles. The topological polar surface area (TPSA) is 86.6 Å². The number of phenolic OH excluding ortho intramolecular Hbond substituents is 1. The smallest absolute Gasteiger partial charge is 0.326 e. The van der Waals surface area contributed by atoms with Crippen molar-refractivity contribution in [2.75, 3.05) is 0 Å². The summed E-state index contributed by atoms with van der Waals surface area (Å²) in [7, 11) is 0. The molecule has 1 aromatic carbocycles. The van der Waals surface area contributed by atoms with Crippen molar-refractivity contribution in [2.45, 2.75) is 26.3 Å². The molecule has 0 aliphatic rings. The molecule has 0 spiro atoms. The number of aliphatic carboxylic acids is 1. The van der Waals surface area contributed by atoms with Gasteiger partial charge in [0.05, 0.1) is 5.02 Å². The molecule has 0 radical (unpaired) electrons. The number of carboxylic acids is 1. The van der Waals surface area contributed by atoms with E-state index in [4.69, 9.17) is 16.7 Å². The quantitative estimate of drug-likeness (QED) is 0.774. The highest BCUT2D eigenvalue weighted by Crippen LogP contribution is 2.23. The van der Waals surface area contributed by atoms with Crippen LogP contribution in [-0.4, -0.2) is 28.1 Å². The van der Waals surface area contributed by atoms with Gasteiger partial charge in [-0.2, -0.15) is 0 Å². The van der Waals surface area contributed by atoms with Crippen LogP contribution in [0.2, 0.25) is 5.02 Å². The number of halogens is 1. The van der Waals surface area contributed by atoms with Gasteiger partial charge in [-0.15, -0.1) is 0 Å². The molecule has 1 amide bonds. The molecule has 1 atom stereocenters. The molecule has 0 fully saturated rings. The summed E-state index contributed by atoms with van der Waals surface area (Å²) in [4.78, 5) is 22.9. The second kappa shape index (κ2) is 6.43. The molecule has 3 N–H and O–H groups in total. The standard InChI is InChI=1S/C13H16ClNO4/c1-7(2)5-10(13(18)19)15-12(17)8-3-4-11(16)9(14)6-8/h3-4,6-7,10,16H,5H2,1-2H3,(H,15,17)(H,18,19). The monoisotopic (exact) mass is 285 g/mol. The highest BCUT2D eigenvalue weighted by atomic mass is 35.5. The van der Waals surface area contributed by atoms with E-state index in [0.717, 1.165) is 0 Å². The average molecular weight is 286 g/mol. The number of carbonyl (C=O) groups is 2. The first-order valence-corrected chi connectivity index (χ1v) is 6.21. The van der Waals surface area contributed by atoms with Gasteiger partial charge in [-0.05, 0) is 30.5 Å². The minimum atomic E-state index is -1.08. The SMILES string of the molecule is CC(C)CC(NC(=O)c1ccc(O)c(Cl)c1)C(=O)O.